The van der Waals surface area contributed by atoms with Gasteiger partial charge in [-0.05, 0) is 40.0 Å². The van der Waals surface area contributed by atoms with Crippen molar-refractivity contribution in [2.24, 2.45) is 0 Å². The average Bonchev–Trinajstić information content (AvgIpc) is 2.94. The quantitative estimate of drug-likeness (QED) is 0.863. The molecule has 1 aromatic heterocycles. The molecule has 0 radical (unpaired) electrons. The summed E-state index contributed by atoms with van der Waals surface area (Å²) in [5.41, 5.74) is 0.621. The van der Waals surface area contributed by atoms with Crippen molar-refractivity contribution in [3.63, 3.8) is 0 Å². The van der Waals surface area contributed by atoms with Crippen molar-refractivity contribution in [1.29, 1.82) is 0 Å². The predicted molar refractivity (Wildman–Crippen MR) is 84.9 cm³/mol. The minimum absolute atomic E-state index is 0. The molecular weight excluding hydrogens is 288 g/mol. The number of aromatic nitrogens is 2. The van der Waals surface area contributed by atoms with Crippen LogP contribution in [-0.4, -0.2) is 45.8 Å². The summed E-state index contributed by atoms with van der Waals surface area (Å²) in [6, 6.07) is 1.08. The number of amides is 1. The first kappa shape index (κ1) is 16.3. The number of likely N-dealkylation sites (tertiary alicyclic amines) is 1. The van der Waals surface area contributed by atoms with Crippen molar-refractivity contribution < 1.29 is 4.79 Å². The minimum atomic E-state index is -0.0854. The minimum Gasteiger partial charge on any atom is -0.337 e. The highest BCUT2D eigenvalue weighted by Gasteiger charge is 2.32. The molecule has 1 aromatic rings. The van der Waals surface area contributed by atoms with Crippen LogP contribution in [0.25, 0.3) is 0 Å². The fourth-order valence-electron chi connectivity index (χ4n) is 3.11. The monoisotopic (exact) mass is 312 g/mol. The Kier molecular flexibility index (Phi) is 4.63. The topological polar surface area (TPSA) is 50.2 Å². The second-order valence-corrected chi connectivity index (χ2v) is 7.02. The van der Waals surface area contributed by atoms with Gasteiger partial charge < -0.3 is 10.2 Å². The zero-order valence-corrected chi connectivity index (χ0v) is 13.8. The second kappa shape index (κ2) is 5.97. The van der Waals surface area contributed by atoms with Crippen LogP contribution in [0, 0.1) is 0 Å². The number of carbonyl (C=O) groups is 1. The van der Waals surface area contributed by atoms with E-state index >= 15 is 0 Å². The lowest BCUT2D eigenvalue weighted by Gasteiger charge is -2.24. The predicted octanol–water partition coefficient (Wildman–Crippen LogP) is 2.03. The van der Waals surface area contributed by atoms with E-state index in [0.29, 0.717) is 17.6 Å². The van der Waals surface area contributed by atoms with Gasteiger partial charge in [0.25, 0.3) is 5.91 Å². The van der Waals surface area contributed by atoms with Crippen LogP contribution in [-0.2, 0) is 5.54 Å². The molecule has 21 heavy (non-hydrogen) atoms. The fourth-order valence-corrected chi connectivity index (χ4v) is 3.11. The Labute approximate surface area is 132 Å². The maximum Gasteiger partial charge on any atom is 0.257 e. The SMILES string of the molecule is CC(C)(C)n1cc(C(=O)N2CCC3CCC(C2)N3)cn1.Cl. The lowest BCUT2D eigenvalue weighted by molar-refractivity contribution is 0.0748. The molecule has 2 bridgehead atoms. The molecule has 2 fully saturated rings. The van der Waals surface area contributed by atoms with E-state index in [1.807, 2.05) is 15.8 Å². The number of nitrogens with zero attached hydrogens (tertiary/aromatic N) is 3. The van der Waals surface area contributed by atoms with E-state index in [2.05, 4.69) is 31.2 Å². The normalized spacial score (nSPS) is 25.4. The third kappa shape index (κ3) is 3.40. The molecule has 1 amide bonds. The number of rotatable bonds is 1. The highest BCUT2D eigenvalue weighted by Crippen LogP contribution is 2.22. The first-order chi connectivity index (χ1) is 9.43. The van der Waals surface area contributed by atoms with Crippen molar-refractivity contribution >= 4 is 18.3 Å². The summed E-state index contributed by atoms with van der Waals surface area (Å²) < 4.78 is 1.86. The van der Waals surface area contributed by atoms with Crippen molar-refractivity contribution in [3.05, 3.63) is 18.0 Å². The number of fused-ring (bicyclic) bond motifs is 2. The third-order valence-corrected chi connectivity index (χ3v) is 4.33. The van der Waals surface area contributed by atoms with Crippen molar-refractivity contribution in [3.8, 4) is 0 Å². The van der Waals surface area contributed by atoms with E-state index < -0.39 is 0 Å². The van der Waals surface area contributed by atoms with E-state index in [1.165, 1.54) is 12.8 Å². The molecule has 2 aliphatic heterocycles. The lowest BCUT2D eigenvalue weighted by atomic mass is 10.1. The van der Waals surface area contributed by atoms with Gasteiger partial charge in [0, 0.05) is 31.4 Å². The van der Waals surface area contributed by atoms with Crippen molar-refractivity contribution in [2.75, 3.05) is 13.1 Å². The summed E-state index contributed by atoms with van der Waals surface area (Å²) in [6.07, 6.45) is 7.09. The summed E-state index contributed by atoms with van der Waals surface area (Å²) in [5, 5.41) is 7.93. The highest BCUT2D eigenvalue weighted by atomic mass is 35.5. The van der Waals surface area contributed by atoms with Gasteiger partial charge in [-0.1, -0.05) is 0 Å². The molecule has 2 saturated heterocycles. The number of hydrogen-bond donors (Lipinski definition) is 1. The van der Waals surface area contributed by atoms with E-state index in [-0.39, 0.29) is 23.9 Å². The Morgan fingerprint density at radius 2 is 2.00 bits per heavy atom. The zero-order valence-electron chi connectivity index (χ0n) is 13.0. The van der Waals surface area contributed by atoms with Gasteiger partial charge >= 0.3 is 0 Å². The molecule has 2 unspecified atom stereocenters. The van der Waals surface area contributed by atoms with Crippen LogP contribution in [0.5, 0.6) is 0 Å². The Morgan fingerprint density at radius 1 is 1.29 bits per heavy atom. The zero-order chi connectivity index (χ0) is 14.3. The molecule has 1 N–H and O–H groups in total. The third-order valence-electron chi connectivity index (χ3n) is 4.33. The van der Waals surface area contributed by atoms with E-state index in [1.54, 1.807) is 6.20 Å². The summed E-state index contributed by atoms with van der Waals surface area (Å²) in [5.74, 6) is 0.120. The highest BCUT2D eigenvalue weighted by molar-refractivity contribution is 5.93. The van der Waals surface area contributed by atoms with Crippen molar-refractivity contribution in [2.45, 2.75) is 57.7 Å². The van der Waals surface area contributed by atoms with Crippen LogP contribution < -0.4 is 5.32 Å². The van der Waals surface area contributed by atoms with Gasteiger partial charge in [0.2, 0.25) is 0 Å². The first-order valence-electron chi connectivity index (χ1n) is 7.54. The second-order valence-electron chi connectivity index (χ2n) is 7.02. The van der Waals surface area contributed by atoms with Crippen LogP contribution in [0.3, 0.4) is 0 Å². The van der Waals surface area contributed by atoms with Crippen LogP contribution in [0.15, 0.2) is 12.4 Å². The van der Waals surface area contributed by atoms with Crippen LogP contribution in [0.4, 0.5) is 0 Å². The van der Waals surface area contributed by atoms with Gasteiger partial charge in [-0.25, -0.2) is 0 Å². The van der Waals surface area contributed by atoms with Crippen LogP contribution in [0.2, 0.25) is 0 Å². The van der Waals surface area contributed by atoms with E-state index in [4.69, 9.17) is 0 Å². The maximum absolute atomic E-state index is 12.6. The Morgan fingerprint density at radius 3 is 2.67 bits per heavy atom. The molecule has 6 heteroatoms. The summed E-state index contributed by atoms with van der Waals surface area (Å²) >= 11 is 0. The molecule has 5 nitrogen and oxygen atoms in total. The fraction of sp³-hybridized carbons (Fsp3) is 0.733. The van der Waals surface area contributed by atoms with Gasteiger partial charge in [-0.3, -0.25) is 9.48 Å². The average molecular weight is 313 g/mol. The van der Waals surface area contributed by atoms with Gasteiger partial charge in [-0.15, -0.1) is 12.4 Å². The number of carbonyl (C=O) groups excluding carboxylic acids is 1. The summed E-state index contributed by atoms with van der Waals surface area (Å²) in [7, 11) is 0. The van der Waals surface area contributed by atoms with Gasteiger partial charge in [0.15, 0.2) is 0 Å². The molecule has 0 saturated carbocycles. The van der Waals surface area contributed by atoms with Gasteiger partial charge in [-0.2, -0.15) is 5.10 Å². The van der Waals surface area contributed by atoms with Crippen molar-refractivity contribution in [1.82, 2.24) is 20.0 Å². The molecule has 2 atom stereocenters. The van der Waals surface area contributed by atoms with Crippen LogP contribution >= 0.6 is 12.4 Å². The van der Waals surface area contributed by atoms with Gasteiger partial charge in [0.1, 0.15) is 0 Å². The van der Waals surface area contributed by atoms with Gasteiger partial charge in [0.05, 0.1) is 17.3 Å². The molecule has 3 heterocycles. The maximum atomic E-state index is 12.6. The molecule has 3 rings (SSSR count). The Bertz CT molecular complexity index is 508. The Balaban J connectivity index is 0.00000161. The van der Waals surface area contributed by atoms with E-state index in [9.17, 15) is 4.79 Å². The number of hydrogen-bond acceptors (Lipinski definition) is 3. The van der Waals surface area contributed by atoms with Crippen LogP contribution in [0.1, 0.15) is 50.4 Å². The smallest absolute Gasteiger partial charge is 0.257 e. The van der Waals surface area contributed by atoms with E-state index in [0.717, 1.165) is 19.5 Å². The molecule has 0 aliphatic carbocycles. The molecule has 0 aromatic carbocycles. The molecule has 0 spiro atoms. The standard InChI is InChI=1S/C15H24N4O.ClH/c1-15(2,3)19-9-11(8-16-19)14(20)18-7-6-12-4-5-13(10-18)17-12;/h8-9,12-13,17H,4-7,10H2,1-3H3;1H. The summed E-state index contributed by atoms with van der Waals surface area (Å²) in [4.78, 5) is 14.6. The molecule has 2 aliphatic rings. The lowest BCUT2D eigenvalue weighted by Crippen LogP contribution is -2.39. The largest absolute Gasteiger partial charge is 0.337 e. The molecule has 118 valence electrons. The summed E-state index contributed by atoms with van der Waals surface area (Å²) in [6.45, 7) is 7.94. The number of nitrogens with one attached hydrogen (secondary N) is 1. The first-order valence-corrected chi connectivity index (χ1v) is 7.54. The number of halogens is 1. The Hall–Kier alpha value is -1.07. The molecular formula is C15H25ClN4O.